The molecule has 132 valence electrons. The number of halogens is 1. The Balaban J connectivity index is 2.27. The zero-order chi connectivity index (χ0) is 18.4. The van der Waals surface area contributed by atoms with E-state index < -0.39 is 6.04 Å². The van der Waals surface area contributed by atoms with Crippen LogP contribution in [0.1, 0.15) is 33.9 Å². The fraction of sp³-hybridized carbons (Fsp3) is 0.263. The lowest BCUT2D eigenvalue weighted by Gasteiger charge is -2.19. The van der Waals surface area contributed by atoms with Crippen LogP contribution in [0.4, 0.5) is 0 Å². The van der Waals surface area contributed by atoms with Gasteiger partial charge in [0.1, 0.15) is 0 Å². The summed E-state index contributed by atoms with van der Waals surface area (Å²) >= 11 is 4.97. The summed E-state index contributed by atoms with van der Waals surface area (Å²) < 4.78 is 5.70. The highest BCUT2D eigenvalue weighted by Gasteiger charge is 2.20. The monoisotopic (exact) mass is 421 g/mol. The van der Waals surface area contributed by atoms with Gasteiger partial charge in [-0.1, -0.05) is 34.1 Å². The summed E-state index contributed by atoms with van der Waals surface area (Å²) in [5, 5.41) is 2.96. The first kappa shape index (κ1) is 19.5. The van der Waals surface area contributed by atoms with Crippen LogP contribution < -0.4 is 5.32 Å². The van der Waals surface area contributed by atoms with Crippen molar-refractivity contribution >= 4 is 39.6 Å². The molecule has 0 aromatic heterocycles. The first-order valence-electron chi connectivity index (χ1n) is 7.72. The van der Waals surface area contributed by atoms with Gasteiger partial charge in [0.25, 0.3) is 5.91 Å². The molecular weight excluding hydrogens is 402 g/mol. The van der Waals surface area contributed by atoms with Gasteiger partial charge in [-0.15, -0.1) is 11.8 Å². The highest BCUT2D eigenvalue weighted by Crippen LogP contribution is 2.23. The van der Waals surface area contributed by atoms with E-state index in [1.807, 2.05) is 55.6 Å². The van der Waals surface area contributed by atoms with Gasteiger partial charge in [0, 0.05) is 14.9 Å². The zero-order valence-corrected chi connectivity index (χ0v) is 16.7. The first-order chi connectivity index (χ1) is 11.9. The van der Waals surface area contributed by atoms with Crippen LogP contribution in [-0.4, -0.2) is 25.2 Å². The highest BCUT2D eigenvalue weighted by atomic mass is 79.9. The Morgan fingerprint density at radius 3 is 2.48 bits per heavy atom. The van der Waals surface area contributed by atoms with E-state index in [-0.39, 0.29) is 18.3 Å². The summed E-state index contributed by atoms with van der Waals surface area (Å²) in [5.41, 5.74) is 2.35. The van der Waals surface area contributed by atoms with Crippen molar-refractivity contribution in [2.24, 2.45) is 0 Å². The Morgan fingerprint density at radius 1 is 1.20 bits per heavy atom. The van der Waals surface area contributed by atoms with E-state index in [0.717, 1.165) is 20.5 Å². The van der Waals surface area contributed by atoms with Gasteiger partial charge in [-0.25, -0.2) is 0 Å². The van der Waals surface area contributed by atoms with Crippen molar-refractivity contribution in [3.63, 3.8) is 0 Å². The average molecular weight is 422 g/mol. The summed E-state index contributed by atoms with van der Waals surface area (Å²) in [6.45, 7) is 1.90. The van der Waals surface area contributed by atoms with Gasteiger partial charge in [-0.2, -0.15) is 0 Å². The predicted octanol–water partition coefficient (Wildman–Crippen LogP) is 4.51. The summed E-state index contributed by atoms with van der Waals surface area (Å²) in [4.78, 5) is 25.6. The molecule has 0 aliphatic heterocycles. The average Bonchev–Trinajstić information content (AvgIpc) is 2.62. The molecule has 0 bridgehead atoms. The van der Waals surface area contributed by atoms with Crippen molar-refractivity contribution in [2.75, 3.05) is 13.4 Å². The maximum Gasteiger partial charge on any atom is 0.307 e. The van der Waals surface area contributed by atoms with Crippen LogP contribution in [-0.2, 0) is 9.53 Å². The van der Waals surface area contributed by atoms with Gasteiger partial charge in [-0.3, -0.25) is 9.59 Å². The second kappa shape index (κ2) is 9.06. The van der Waals surface area contributed by atoms with Gasteiger partial charge >= 0.3 is 5.97 Å². The number of thioether (sulfide) groups is 1. The van der Waals surface area contributed by atoms with E-state index in [1.54, 1.807) is 11.8 Å². The molecule has 0 heterocycles. The molecule has 2 rings (SSSR count). The highest BCUT2D eigenvalue weighted by molar-refractivity contribution is 9.10. The number of hydrogen-bond donors (Lipinski definition) is 1. The van der Waals surface area contributed by atoms with Crippen LogP contribution in [0.3, 0.4) is 0 Å². The largest absolute Gasteiger partial charge is 0.469 e. The maximum atomic E-state index is 12.8. The Labute approximate surface area is 160 Å². The number of esters is 1. The van der Waals surface area contributed by atoms with Crippen molar-refractivity contribution < 1.29 is 14.3 Å². The molecule has 25 heavy (non-hydrogen) atoms. The van der Waals surface area contributed by atoms with Crippen LogP contribution in [0.25, 0.3) is 0 Å². The summed E-state index contributed by atoms with van der Waals surface area (Å²) in [6.07, 6.45) is 2.04. The van der Waals surface area contributed by atoms with Crippen molar-refractivity contribution in [2.45, 2.75) is 24.3 Å². The third-order valence-electron chi connectivity index (χ3n) is 3.87. The van der Waals surface area contributed by atoms with Crippen LogP contribution in [0.15, 0.2) is 51.8 Å². The number of carbonyl (C=O) groups excluding carboxylic acids is 2. The standard InChI is InChI=1S/C19H20BrNO3S/c1-12-4-9-15(25-3)10-16(12)19(23)21-17(11-18(22)24-2)13-5-7-14(20)8-6-13/h4-10,17H,11H2,1-3H3,(H,21,23). The fourth-order valence-electron chi connectivity index (χ4n) is 2.41. The van der Waals surface area contributed by atoms with Crippen molar-refractivity contribution in [1.82, 2.24) is 5.32 Å². The topological polar surface area (TPSA) is 55.4 Å². The molecule has 0 saturated carbocycles. The van der Waals surface area contributed by atoms with Crippen LogP contribution in [0, 0.1) is 6.92 Å². The van der Waals surface area contributed by atoms with E-state index >= 15 is 0 Å². The first-order valence-corrected chi connectivity index (χ1v) is 9.74. The molecule has 0 spiro atoms. The van der Waals surface area contributed by atoms with E-state index in [2.05, 4.69) is 21.2 Å². The maximum absolute atomic E-state index is 12.8. The van der Waals surface area contributed by atoms with E-state index in [1.165, 1.54) is 7.11 Å². The lowest BCUT2D eigenvalue weighted by Crippen LogP contribution is -2.31. The lowest BCUT2D eigenvalue weighted by atomic mass is 10.0. The Hall–Kier alpha value is -1.79. The van der Waals surface area contributed by atoms with Gasteiger partial charge in [0.2, 0.25) is 0 Å². The smallest absolute Gasteiger partial charge is 0.307 e. The molecule has 2 aromatic rings. The second-order valence-electron chi connectivity index (χ2n) is 5.54. The minimum Gasteiger partial charge on any atom is -0.469 e. The second-order valence-corrected chi connectivity index (χ2v) is 7.33. The van der Waals surface area contributed by atoms with Gasteiger partial charge in [0.15, 0.2) is 0 Å². The quantitative estimate of drug-likeness (QED) is 0.550. The SMILES string of the molecule is COC(=O)CC(NC(=O)c1cc(SC)ccc1C)c1ccc(Br)cc1. The summed E-state index contributed by atoms with van der Waals surface area (Å²) in [5.74, 6) is -0.576. The minimum atomic E-state index is -0.453. The molecule has 6 heteroatoms. The molecule has 1 unspecified atom stereocenters. The number of hydrogen-bond acceptors (Lipinski definition) is 4. The third kappa shape index (κ3) is 5.34. The molecule has 0 aliphatic rings. The number of amides is 1. The van der Waals surface area contributed by atoms with E-state index in [0.29, 0.717) is 5.56 Å². The molecule has 1 N–H and O–H groups in total. The van der Waals surface area contributed by atoms with Gasteiger partial charge in [-0.05, 0) is 48.6 Å². The Bertz CT molecular complexity index is 762. The zero-order valence-electron chi connectivity index (χ0n) is 14.3. The molecule has 0 saturated heterocycles. The molecule has 4 nitrogen and oxygen atoms in total. The summed E-state index contributed by atoms with van der Waals surface area (Å²) in [7, 11) is 1.34. The minimum absolute atomic E-state index is 0.0745. The molecule has 0 fully saturated rings. The number of benzene rings is 2. The van der Waals surface area contributed by atoms with E-state index in [9.17, 15) is 9.59 Å². The molecular formula is C19H20BrNO3S. The molecule has 0 radical (unpaired) electrons. The van der Waals surface area contributed by atoms with Crippen LogP contribution in [0.2, 0.25) is 0 Å². The van der Waals surface area contributed by atoms with Crippen molar-refractivity contribution in [3.8, 4) is 0 Å². The Morgan fingerprint density at radius 2 is 1.88 bits per heavy atom. The Kier molecular flexibility index (Phi) is 7.08. The van der Waals surface area contributed by atoms with Gasteiger partial charge in [0.05, 0.1) is 19.6 Å². The van der Waals surface area contributed by atoms with Crippen molar-refractivity contribution in [3.05, 3.63) is 63.6 Å². The number of ether oxygens (including phenoxy) is 1. The molecule has 2 aromatic carbocycles. The number of rotatable bonds is 6. The number of methoxy groups -OCH3 is 1. The lowest BCUT2D eigenvalue weighted by molar-refractivity contribution is -0.141. The number of carbonyl (C=O) groups is 2. The van der Waals surface area contributed by atoms with Crippen LogP contribution in [0.5, 0.6) is 0 Å². The number of aryl methyl sites for hydroxylation is 1. The molecule has 1 atom stereocenters. The van der Waals surface area contributed by atoms with E-state index in [4.69, 9.17) is 4.74 Å². The van der Waals surface area contributed by atoms with Gasteiger partial charge < -0.3 is 10.1 Å². The fourth-order valence-corrected chi connectivity index (χ4v) is 3.11. The van der Waals surface area contributed by atoms with Crippen molar-refractivity contribution in [1.29, 1.82) is 0 Å². The molecule has 1 amide bonds. The predicted molar refractivity (Wildman–Crippen MR) is 104 cm³/mol. The summed E-state index contributed by atoms with van der Waals surface area (Å²) in [6, 6.07) is 12.8. The molecule has 0 aliphatic carbocycles. The third-order valence-corrected chi connectivity index (χ3v) is 5.12. The van der Waals surface area contributed by atoms with Crippen LogP contribution >= 0.6 is 27.7 Å². The normalized spacial score (nSPS) is 11.7. The number of nitrogens with one attached hydrogen (secondary N) is 1.